The van der Waals surface area contributed by atoms with E-state index in [2.05, 4.69) is 5.32 Å². The number of nitrogens with one attached hydrogen (secondary N) is 1. The maximum absolute atomic E-state index is 13.0. The van der Waals surface area contributed by atoms with Gasteiger partial charge in [0.15, 0.2) is 0 Å². The molecular weight excluding hydrogens is 301 g/mol. The van der Waals surface area contributed by atoms with Crippen LogP contribution in [0.4, 0.5) is 18.9 Å². The molecule has 0 heterocycles. The van der Waals surface area contributed by atoms with Crippen LogP contribution in [0.2, 0.25) is 5.02 Å². The van der Waals surface area contributed by atoms with E-state index >= 15 is 0 Å². The summed E-state index contributed by atoms with van der Waals surface area (Å²) in [5.74, 6) is 0. The van der Waals surface area contributed by atoms with E-state index in [4.69, 9.17) is 11.6 Å². The molecule has 0 aliphatic heterocycles. The third-order valence-corrected chi connectivity index (χ3v) is 3.08. The van der Waals surface area contributed by atoms with E-state index in [0.717, 1.165) is 6.07 Å². The van der Waals surface area contributed by atoms with Gasteiger partial charge in [-0.05, 0) is 24.3 Å². The van der Waals surface area contributed by atoms with Crippen molar-refractivity contribution in [3.63, 3.8) is 0 Å². The summed E-state index contributed by atoms with van der Waals surface area (Å²) < 4.78 is 39.0. The SMILES string of the molecule is N#CC(Nc1cccc(Cl)c1)c1ccccc1C(F)(F)F. The van der Waals surface area contributed by atoms with E-state index in [1.165, 1.54) is 18.2 Å². The van der Waals surface area contributed by atoms with Gasteiger partial charge in [0.05, 0.1) is 11.6 Å². The molecule has 0 aromatic heterocycles. The highest BCUT2D eigenvalue weighted by molar-refractivity contribution is 6.30. The Kier molecular flexibility index (Phi) is 4.39. The maximum atomic E-state index is 13.0. The lowest BCUT2D eigenvalue weighted by Crippen LogP contribution is -2.16. The van der Waals surface area contributed by atoms with Crippen molar-refractivity contribution in [1.82, 2.24) is 0 Å². The number of rotatable bonds is 3. The number of nitriles is 1. The monoisotopic (exact) mass is 310 g/mol. The lowest BCUT2D eigenvalue weighted by atomic mass is 10.0. The lowest BCUT2D eigenvalue weighted by molar-refractivity contribution is -0.138. The topological polar surface area (TPSA) is 35.8 Å². The van der Waals surface area contributed by atoms with Crippen LogP contribution in [0.3, 0.4) is 0 Å². The number of benzene rings is 2. The van der Waals surface area contributed by atoms with Crippen molar-refractivity contribution in [2.75, 3.05) is 5.32 Å². The normalized spacial score (nSPS) is 12.5. The van der Waals surface area contributed by atoms with Crippen LogP contribution < -0.4 is 5.32 Å². The van der Waals surface area contributed by atoms with E-state index in [-0.39, 0.29) is 5.56 Å². The number of nitrogens with zero attached hydrogens (tertiary/aromatic N) is 1. The average Bonchev–Trinajstić information content (AvgIpc) is 2.44. The van der Waals surface area contributed by atoms with E-state index in [0.29, 0.717) is 10.7 Å². The second-order valence-corrected chi connectivity index (χ2v) is 4.74. The molecule has 2 nitrogen and oxygen atoms in total. The molecule has 2 rings (SSSR count). The summed E-state index contributed by atoms with van der Waals surface area (Å²) >= 11 is 5.82. The van der Waals surface area contributed by atoms with Crippen LogP contribution in [-0.4, -0.2) is 0 Å². The molecule has 0 saturated carbocycles. The third kappa shape index (κ3) is 3.67. The van der Waals surface area contributed by atoms with Crippen LogP contribution in [0.15, 0.2) is 48.5 Å². The van der Waals surface area contributed by atoms with Gasteiger partial charge >= 0.3 is 6.18 Å². The molecular formula is C15H10ClF3N2. The van der Waals surface area contributed by atoms with Gasteiger partial charge in [-0.25, -0.2) is 0 Å². The van der Waals surface area contributed by atoms with E-state index in [1.54, 1.807) is 24.3 Å². The van der Waals surface area contributed by atoms with Crippen molar-refractivity contribution in [3.8, 4) is 6.07 Å². The molecule has 0 saturated heterocycles. The van der Waals surface area contributed by atoms with Crippen molar-refractivity contribution in [2.45, 2.75) is 12.2 Å². The first-order valence-corrected chi connectivity index (χ1v) is 6.37. The fraction of sp³-hybridized carbons (Fsp3) is 0.133. The summed E-state index contributed by atoms with van der Waals surface area (Å²) in [5.41, 5.74) is -0.468. The summed E-state index contributed by atoms with van der Waals surface area (Å²) in [6.45, 7) is 0. The van der Waals surface area contributed by atoms with Crippen molar-refractivity contribution >= 4 is 17.3 Å². The molecule has 1 N–H and O–H groups in total. The summed E-state index contributed by atoms with van der Waals surface area (Å²) in [6, 6.07) is 12.2. The predicted octanol–water partition coefficient (Wildman–Crippen LogP) is 5.04. The zero-order chi connectivity index (χ0) is 15.5. The number of hydrogen-bond acceptors (Lipinski definition) is 2. The number of anilines is 1. The molecule has 0 spiro atoms. The molecule has 0 fully saturated rings. The molecule has 0 amide bonds. The molecule has 6 heteroatoms. The molecule has 1 atom stereocenters. The Morgan fingerprint density at radius 2 is 1.81 bits per heavy atom. The number of hydrogen-bond donors (Lipinski definition) is 1. The van der Waals surface area contributed by atoms with E-state index in [1.807, 2.05) is 6.07 Å². The first kappa shape index (κ1) is 15.2. The minimum absolute atomic E-state index is 0.118. The van der Waals surface area contributed by atoms with Gasteiger partial charge in [-0.3, -0.25) is 0 Å². The minimum Gasteiger partial charge on any atom is -0.366 e. The predicted molar refractivity (Wildman–Crippen MR) is 74.9 cm³/mol. The first-order chi connectivity index (χ1) is 9.91. The quantitative estimate of drug-likeness (QED) is 0.862. The lowest BCUT2D eigenvalue weighted by Gasteiger charge is -2.18. The van der Waals surface area contributed by atoms with Crippen LogP contribution in [0, 0.1) is 11.3 Å². The molecule has 0 radical (unpaired) electrons. The number of halogens is 4. The fourth-order valence-electron chi connectivity index (χ4n) is 1.93. The summed E-state index contributed by atoms with van der Waals surface area (Å²) in [5, 5.41) is 12.4. The van der Waals surface area contributed by atoms with E-state index < -0.39 is 17.8 Å². The molecule has 2 aromatic carbocycles. The third-order valence-electron chi connectivity index (χ3n) is 2.84. The molecule has 108 valence electrons. The van der Waals surface area contributed by atoms with Gasteiger partial charge in [-0.15, -0.1) is 0 Å². The Hall–Kier alpha value is -2.19. The van der Waals surface area contributed by atoms with Crippen LogP contribution in [-0.2, 0) is 6.18 Å². The molecule has 0 aliphatic carbocycles. The number of alkyl halides is 3. The van der Waals surface area contributed by atoms with Gasteiger partial charge in [0.2, 0.25) is 0 Å². The highest BCUT2D eigenvalue weighted by atomic mass is 35.5. The molecule has 0 bridgehead atoms. The molecule has 0 aliphatic rings. The summed E-state index contributed by atoms with van der Waals surface area (Å²) in [4.78, 5) is 0. The average molecular weight is 311 g/mol. The molecule has 1 unspecified atom stereocenters. The smallest absolute Gasteiger partial charge is 0.366 e. The van der Waals surface area contributed by atoms with Crippen molar-refractivity contribution in [1.29, 1.82) is 5.26 Å². The van der Waals surface area contributed by atoms with Crippen LogP contribution >= 0.6 is 11.6 Å². The van der Waals surface area contributed by atoms with Gasteiger partial charge in [0.25, 0.3) is 0 Å². The molecule has 2 aromatic rings. The largest absolute Gasteiger partial charge is 0.416 e. The first-order valence-electron chi connectivity index (χ1n) is 5.99. The highest BCUT2D eigenvalue weighted by Gasteiger charge is 2.35. The standard InChI is InChI=1S/C15H10ClF3N2/c16-10-4-3-5-11(8-10)21-14(9-20)12-6-1-2-7-13(12)15(17,18)19/h1-8,14,21H. The highest BCUT2D eigenvalue weighted by Crippen LogP contribution is 2.35. The Morgan fingerprint density at radius 3 is 2.43 bits per heavy atom. The summed E-state index contributed by atoms with van der Waals surface area (Å²) in [6.07, 6.45) is -4.51. The van der Waals surface area contributed by atoms with Crippen molar-refractivity contribution < 1.29 is 13.2 Å². The van der Waals surface area contributed by atoms with Crippen LogP contribution in [0.1, 0.15) is 17.2 Å². The maximum Gasteiger partial charge on any atom is 0.416 e. The second-order valence-electron chi connectivity index (χ2n) is 4.30. The Balaban J connectivity index is 2.37. The van der Waals surface area contributed by atoms with Gasteiger partial charge in [-0.2, -0.15) is 18.4 Å². The van der Waals surface area contributed by atoms with Crippen LogP contribution in [0.5, 0.6) is 0 Å². The van der Waals surface area contributed by atoms with Gasteiger partial charge < -0.3 is 5.32 Å². The van der Waals surface area contributed by atoms with Gasteiger partial charge in [0, 0.05) is 16.3 Å². The van der Waals surface area contributed by atoms with Crippen LogP contribution in [0.25, 0.3) is 0 Å². The molecule has 21 heavy (non-hydrogen) atoms. The Labute approximate surface area is 124 Å². The van der Waals surface area contributed by atoms with Gasteiger partial charge in [0.1, 0.15) is 6.04 Å². The fourth-order valence-corrected chi connectivity index (χ4v) is 2.12. The van der Waals surface area contributed by atoms with Crippen molar-refractivity contribution in [3.05, 3.63) is 64.7 Å². The van der Waals surface area contributed by atoms with Crippen molar-refractivity contribution in [2.24, 2.45) is 0 Å². The Morgan fingerprint density at radius 1 is 1.10 bits per heavy atom. The minimum atomic E-state index is -4.51. The zero-order valence-corrected chi connectivity index (χ0v) is 11.4. The zero-order valence-electron chi connectivity index (χ0n) is 10.7. The summed E-state index contributed by atoms with van der Waals surface area (Å²) in [7, 11) is 0. The van der Waals surface area contributed by atoms with Gasteiger partial charge in [-0.1, -0.05) is 35.9 Å². The van der Waals surface area contributed by atoms with E-state index in [9.17, 15) is 18.4 Å². The second kappa shape index (κ2) is 6.06. The Bertz CT molecular complexity index is 677.